The molecule has 0 saturated carbocycles. The SMILES string of the molecule is COc1cccc(NC(=O)C(NC(=O)c2ccccc2)=C2c3ccccc3-c3ccc([N+](=O)[O-])cc32)c1. The largest absolute Gasteiger partial charge is 0.497 e. The Morgan fingerprint density at radius 3 is 2.22 bits per heavy atom. The van der Waals surface area contributed by atoms with Crippen LogP contribution < -0.4 is 15.4 Å². The van der Waals surface area contributed by atoms with Crippen molar-refractivity contribution >= 4 is 28.8 Å². The molecule has 182 valence electrons. The van der Waals surface area contributed by atoms with Crippen LogP contribution in [0.25, 0.3) is 16.7 Å². The molecule has 0 atom stereocenters. The third kappa shape index (κ3) is 4.55. The molecule has 4 aromatic carbocycles. The summed E-state index contributed by atoms with van der Waals surface area (Å²) in [6.45, 7) is 0. The van der Waals surface area contributed by atoms with E-state index in [0.717, 1.165) is 11.1 Å². The summed E-state index contributed by atoms with van der Waals surface area (Å²) in [7, 11) is 1.52. The van der Waals surface area contributed by atoms with Gasteiger partial charge in [0.1, 0.15) is 11.4 Å². The van der Waals surface area contributed by atoms with Gasteiger partial charge in [0, 0.05) is 35.0 Å². The minimum atomic E-state index is -0.582. The summed E-state index contributed by atoms with van der Waals surface area (Å²) < 4.78 is 5.25. The molecule has 2 N–H and O–H groups in total. The van der Waals surface area contributed by atoms with E-state index in [-0.39, 0.29) is 11.4 Å². The molecule has 8 heteroatoms. The fraction of sp³-hybridized carbons (Fsp3) is 0.0345. The molecule has 0 radical (unpaired) electrons. The zero-order valence-electron chi connectivity index (χ0n) is 19.7. The van der Waals surface area contributed by atoms with Crippen molar-refractivity contribution in [3.8, 4) is 16.9 Å². The number of benzene rings is 4. The average Bonchev–Trinajstić information content (AvgIpc) is 3.25. The number of amides is 2. The van der Waals surface area contributed by atoms with Gasteiger partial charge in [0.25, 0.3) is 17.5 Å². The number of carbonyl (C=O) groups is 2. The van der Waals surface area contributed by atoms with E-state index in [4.69, 9.17) is 4.74 Å². The van der Waals surface area contributed by atoms with E-state index in [0.29, 0.717) is 33.7 Å². The lowest BCUT2D eigenvalue weighted by atomic mass is 10.00. The standard InChI is InChI=1S/C29H21N3O5/c1-37-21-11-7-10-19(16-21)30-29(34)27(31-28(33)18-8-3-2-4-9-18)26-24-13-6-5-12-22(24)23-15-14-20(32(35)36)17-25(23)26/h2-17H,1H3,(H,30,34)(H,31,33). The van der Waals surface area contributed by atoms with Crippen molar-refractivity contribution in [3.63, 3.8) is 0 Å². The third-order valence-electron chi connectivity index (χ3n) is 6.05. The van der Waals surface area contributed by atoms with Crippen molar-refractivity contribution in [2.75, 3.05) is 12.4 Å². The zero-order chi connectivity index (χ0) is 25.9. The maximum Gasteiger partial charge on any atom is 0.272 e. The Labute approximate surface area is 212 Å². The first-order valence-corrected chi connectivity index (χ1v) is 11.4. The van der Waals surface area contributed by atoms with E-state index in [1.807, 2.05) is 24.3 Å². The van der Waals surface area contributed by atoms with Crippen molar-refractivity contribution in [2.24, 2.45) is 0 Å². The van der Waals surface area contributed by atoms with Gasteiger partial charge in [-0.25, -0.2) is 0 Å². The number of methoxy groups -OCH3 is 1. The lowest BCUT2D eigenvalue weighted by molar-refractivity contribution is -0.384. The molecule has 37 heavy (non-hydrogen) atoms. The predicted molar refractivity (Wildman–Crippen MR) is 140 cm³/mol. The molecule has 0 saturated heterocycles. The van der Waals surface area contributed by atoms with Gasteiger partial charge >= 0.3 is 0 Å². The van der Waals surface area contributed by atoms with Crippen molar-refractivity contribution < 1.29 is 19.2 Å². The predicted octanol–water partition coefficient (Wildman–Crippen LogP) is 5.41. The minimum absolute atomic E-state index is 0.0247. The number of nitro benzene ring substituents is 1. The number of hydrogen-bond donors (Lipinski definition) is 2. The third-order valence-corrected chi connectivity index (χ3v) is 6.05. The van der Waals surface area contributed by atoms with Crippen molar-refractivity contribution in [2.45, 2.75) is 0 Å². The number of anilines is 1. The Balaban J connectivity index is 1.69. The molecule has 0 heterocycles. The van der Waals surface area contributed by atoms with Crippen LogP contribution in [0, 0.1) is 10.1 Å². The van der Waals surface area contributed by atoms with E-state index in [9.17, 15) is 19.7 Å². The van der Waals surface area contributed by atoms with Crippen LogP contribution in [-0.4, -0.2) is 23.8 Å². The van der Waals surface area contributed by atoms with Crippen LogP contribution in [0.1, 0.15) is 21.5 Å². The number of nitrogens with one attached hydrogen (secondary N) is 2. The topological polar surface area (TPSA) is 111 Å². The number of ether oxygens (including phenoxy) is 1. The van der Waals surface area contributed by atoms with Crippen molar-refractivity contribution in [1.82, 2.24) is 5.32 Å². The minimum Gasteiger partial charge on any atom is -0.497 e. The van der Waals surface area contributed by atoms with Gasteiger partial charge in [-0.1, -0.05) is 48.5 Å². The van der Waals surface area contributed by atoms with E-state index >= 15 is 0 Å². The monoisotopic (exact) mass is 491 g/mol. The Kier molecular flexibility index (Phi) is 6.22. The molecular formula is C29H21N3O5. The maximum atomic E-state index is 13.7. The number of non-ortho nitro benzene ring substituents is 1. The molecule has 0 fully saturated rings. The van der Waals surface area contributed by atoms with Crippen LogP contribution >= 0.6 is 0 Å². The zero-order valence-corrected chi connectivity index (χ0v) is 19.7. The molecule has 8 nitrogen and oxygen atoms in total. The van der Waals surface area contributed by atoms with Gasteiger partial charge in [-0.05, 0) is 52.6 Å². The smallest absolute Gasteiger partial charge is 0.272 e. The summed E-state index contributed by atoms with van der Waals surface area (Å²) in [6.07, 6.45) is 0. The maximum absolute atomic E-state index is 13.7. The second-order valence-electron chi connectivity index (χ2n) is 8.29. The lowest BCUT2D eigenvalue weighted by Gasteiger charge is -2.16. The van der Waals surface area contributed by atoms with Crippen molar-refractivity contribution in [1.29, 1.82) is 0 Å². The number of hydrogen-bond acceptors (Lipinski definition) is 5. The summed E-state index contributed by atoms with van der Waals surface area (Å²) in [6, 6.07) is 27.2. The highest BCUT2D eigenvalue weighted by atomic mass is 16.6. The number of nitrogens with zero attached hydrogens (tertiary/aromatic N) is 1. The van der Waals surface area contributed by atoms with Gasteiger partial charge < -0.3 is 15.4 Å². The Morgan fingerprint density at radius 1 is 0.784 bits per heavy atom. The average molecular weight is 492 g/mol. The second-order valence-corrected chi connectivity index (χ2v) is 8.29. The van der Waals surface area contributed by atoms with Crippen LogP contribution in [0.4, 0.5) is 11.4 Å². The van der Waals surface area contributed by atoms with E-state index in [1.54, 1.807) is 60.7 Å². The van der Waals surface area contributed by atoms with Crippen LogP contribution in [0.2, 0.25) is 0 Å². The fourth-order valence-corrected chi connectivity index (χ4v) is 4.34. The Morgan fingerprint density at radius 2 is 1.49 bits per heavy atom. The molecule has 1 aliphatic rings. The van der Waals surface area contributed by atoms with E-state index < -0.39 is 16.7 Å². The van der Waals surface area contributed by atoms with Gasteiger partial charge in [0.05, 0.1) is 12.0 Å². The summed E-state index contributed by atoms with van der Waals surface area (Å²) in [5, 5.41) is 17.2. The van der Waals surface area contributed by atoms with E-state index in [1.165, 1.54) is 19.2 Å². The summed E-state index contributed by atoms with van der Waals surface area (Å²) in [5.41, 5.74) is 3.79. The summed E-state index contributed by atoms with van der Waals surface area (Å²) in [4.78, 5) is 38.1. The number of rotatable bonds is 6. The van der Waals surface area contributed by atoms with Crippen LogP contribution in [0.15, 0.2) is 103 Å². The molecule has 1 aliphatic carbocycles. The first-order chi connectivity index (χ1) is 18.0. The highest BCUT2D eigenvalue weighted by molar-refractivity contribution is 6.17. The lowest BCUT2D eigenvalue weighted by Crippen LogP contribution is -2.32. The van der Waals surface area contributed by atoms with E-state index in [2.05, 4.69) is 10.6 Å². The molecule has 5 rings (SSSR count). The van der Waals surface area contributed by atoms with Gasteiger partial charge in [-0.2, -0.15) is 0 Å². The molecule has 0 aromatic heterocycles. The van der Waals surface area contributed by atoms with Gasteiger partial charge in [0.2, 0.25) is 0 Å². The van der Waals surface area contributed by atoms with Crippen LogP contribution in [0.5, 0.6) is 5.75 Å². The van der Waals surface area contributed by atoms with Crippen LogP contribution in [0.3, 0.4) is 0 Å². The molecule has 0 unspecified atom stereocenters. The first kappa shape index (κ1) is 23.5. The van der Waals surface area contributed by atoms with Gasteiger partial charge in [-0.15, -0.1) is 0 Å². The second kappa shape index (κ2) is 9.79. The summed E-state index contributed by atoms with van der Waals surface area (Å²) in [5.74, 6) is -0.519. The van der Waals surface area contributed by atoms with Crippen molar-refractivity contribution in [3.05, 3.63) is 130 Å². The Hall–Kier alpha value is -5.24. The Bertz CT molecular complexity index is 1580. The molecule has 0 aliphatic heterocycles. The number of fused-ring (bicyclic) bond motifs is 3. The molecule has 2 amide bonds. The van der Waals surface area contributed by atoms with Gasteiger partial charge in [-0.3, -0.25) is 19.7 Å². The molecular weight excluding hydrogens is 470 g/mol. The summed E-state index contributed by atoms with van der Waals surface area (Å²) >= 11 is 0. The highest BCUT2D eigenvalue weighted by Crippen LogP contribution is 2.46. The first-order valence-electron chi connectivity index (χ1n) is 11.4. The molecule has 0 spiro atoms. The normalized spacial score (nSPS) is 12.7. The number of carbonyl (C=O) groups excluding carboxylic acids is 2. The number of nitro groups is 1. The molecule has 4 aromatic rings. The van der Waals surface area contributed by atoms with Gasteiger partial charge in [0.15, 0.2) is 0 Å². The highest BCUT2D eigenvalue weighted by Gasteiger charge is 2.31. The quantitative estimate of drug-likeness (QED) is 0.187. The fourth-order valence-electron chi connectivity index (χ4n) is 4.34. The molecule has 0 bridgehead atoms. The van der Waals surface area contributed by atoms with Crippen LogP contribution in [-0.2, 0) is 4.79 Å².